The lowest BCUT2D eigenvalue weighted by molar-refractivity contribution is -0.207. The van der Waals surface area contributed by atoms with Crippen LogP contribution in [0.15, 0.2) is 12.3 Å². The fourth-order valence-corrected chi connectivity index (χ4v) is 8.85. The van der Waals surface area contributed by atoms with Gasteiger partial charge in [0, 0.05) is 6.42 Å². The smallest absolute Gasteiger partial charge is 0.177 e. The van der Waals surface area contributed by atoms with Gasteiger partial charge in [-0.25, -0.2) is 0 Å². The summed E-state index contributed by atoms with van der Waals surface area (Å²) in [5.41, 5.74) is 5.58. The predicted molar refractivity (Wildman–Crippen MR) is 121 cm³/mol. The molecule has 0 spiro atoms. The molecule has 4 aliphatic rings. The second-order valence-electron chi connectivity index (χ2n) is 12.0. The zero-order valence-corrected chi connectivity index (χ0v) is 19.6. The van der Waals surface area contributed by atoms with Gasteiger partial charge in [0.25, 0.3) is 0 Å². The van der Waals surface area contributed by atoms with E-state index in [-0.39, 0.29) is 46.5 Å². The number of hydrogen-bond acceptors (Lipinski definition) is 5. The maximum Gasteiger partial charge on any atom is 0.177 e. The van der Waals surface area contributed by atoms with Crippen molar-refractivity contribution in [2.24, 2.45) is 52.1 Å². The molecule has 4 rings (SSSR count). The van der Waals surface area contributed by atoms with Gasteiger partial charge in [-0.2, -0.15) is 0 Å². The molecule has 0 aliphatic heterocycles. The van der Waals surface area contributed by atoms with Crippen LogP contribution in [0.3, 0.4) is 0 Å². The topological polar surface area (TPSA) is 104 Å². The molecule has 0 amide bonds. The second-order valence-corrected chi connectivity index (χ2v) is 12.0. The Balaban J connectivity index is 1.56. The van der Waals surface area contributed by atoms with E-state index in [1.165, 1.54) is 0 Å². The standard InChI is InChI=1S/C26H43NO4/c1-14(5-8-21(29)15(2)27)18-6-7-19-24-20(13-23(31)26(18,19)4)25(3)10-9-17(28)11-16(25)12-22(24)30/h14,16-20,22-24,28,30-31H,2,5-13,27H2,1,3-4H3. The van der Waals surface area contributed by atoms with Crippen LogP contribution in [-0.4, -0.2) is 39.4 Å². The number of nitrogens with two attached hydrogens (primary N) is 1. The first-order valence-electron chi connectivity index (χ1n) is 12.5. The van der Waals surface area contributed by atoms with Crippen molar-refractivity contribution in [1.29, 1.82) is 0 Å². The van der Waals surface area contributed by atoms with Crippen LogP contribution in [0.25, 0.3) is 0 Å². The molecule has 4 aliphatic carbocycles. The number of carbonyl (C=O) groups excluding carboxylic acids is 1. The Bertz CT molecular complexity index is 724. The van der Waals surface area contributed by atoms with E-state index in [9.17, 15) is 20.1 Å². The van der Waals surface area contributed by atoms with Gasteiger partial charge in [-0.1, -0.05) is 27.4 Å². The molecule has 0 aromatic heterocycles. The Morgan fingerprint density at radius 1 is 1.10 bits per heavy atom. The molecule has 5 N–H and O–H groups in total. The summed E-state index contributed by atoms with van der Waals surface area (Å²) in [7, 11) is 0. The molecule has 0 aromatic rings. The molecule has 11 atom stereocenters. The molecular weight excluding hydrogens is 390 g/mol. The zero-order chi connectivity index (χ0) is 22.7. The molecule has 4 fully saturated rings. The monoisotopic (exact) mass is 433 g/mol. The minimum Gasteiger partial charge on any atom is -0.396 e. The van der Waals surface area contributed by atoms with Gasteiger partial charge in [-0.3, -0.25) is 4.79 Å². The first kappa shape index (κ1) is 23.3. The predicted octanol–water partition coefficient (Wildman–Crippen LogP) is 3.41. The lowest BCUT2D eigenvalue weighted by Crippen LogP contribution is -2.62. The summed E-state index contributed by atoms with van der Waals surface area (Å²) < 4.78 is 0. The van der Waals surface area contributed by atoms with Crippen molar-refractivity contribution in [3.63, 3.8) is 0 Å². The molecule has 176 valence electrons. The van der Waals surface area contributed by atoms with E-state index in [0.717, 1.165) is 51.4 Å². The number of carbonyl (C=O) groups is 1. The minimum absolute atomic E-state index is 0.0723. The van der Waals surface area contributed by atoms with Crippen LogP contribution in [0.2, 0.25) is 0 Å². The van der Waals surface area contributed by atoms with Crippen molar-refractivity contribution < 1.29 is 20.1 Å². The van der Waals surface area contributed by atoms with Crippen LogP contribution in [0.4, 0.5) is 0 Å². The molecule has 11 unspecified atom stereocenters. The molecule has 0 radical (unpaired) electrons. The van der Waals surface area contributed by atoms with E-state index < -0.39 is 0 Å². The number of hydrogen-bond donors (Lipinski definition) is 4. The van der Waals surface area contributed by atoms with Crippen molar-refractivity contribution >= 4 is 5.78 Å². The van der Waals surface area contributed by atoms with E-state index in [1.54, 1.807) is 0 Å². The highest BCUT2D eigenvalue weighted by Crippen LogP contribution is 2.68. The van der Waals surface area contributed by atoms with Gasteiger partial charge in [0.2, 0.25) is 0 Å². The Labute approximate surface area is 187 Å². The van der Waals surface area contributed by atoms with Gasteiger partial charge in [-0.05, 0) is 97.7 Å². The highest BCUT2D eigenvalue weighted by atomic mass is 16.3. The largest absolute Gasteiger partial charge is 0.396 e. The van der Waals surface area contributed by atoms with Gasteiger partial charge in [0.05, 0.1) is 24.0 Å². The van der Waals surface area contributed by atoms with Crippen molar-refractivity contribution in [3.8, 4) is 0 Å². The van der Waals surface area contributed by atoms with Crippen molar-refractivity contribution in [2.45, 2.75) is 96.9 Å². The summed E-state index contributed by atoms with van der Waals surface area (Å²) in [4.78, 5) is 12.0. The van der Waals surface area contributed by atoms with Gasteiger partial charge in [0.1, 0.15) is 0 Å². The first-order valence-corrected chi connectivity index (χ1v) is 12.5. The highest BCUT2D eigenvalue weighted by molar-refractivity contribution is 5.93. The number of allylic oxidation sites excluding steroid dienone is 1. The summed E-state index contributed by atoms with van der Waals surface area (Å²) in [5, 5.41) is 33.1. The summed E-state index contributed by atoms with van der Waals surface area (Å²) in [5.74, 6) is 1.79. The Kier molecular flexibility index (Phi) is 6.11. The van der Waals surface area contributed by atoms with Crippen molar-refractivity contribution in [2.75, 3.05) is 0 Å². The average molecular weight is 434 g/mol. The Hall–Kier alpha value is -0.910. The third-order valence-electron chi connectivity index (χ3n) is 10.7. The van der Waals surface area contributed by atoms with Gasteiger partial charge < -0.3 is 21.1 Å². The number of rotatable bonds is 5. The lowest BCUT2D eigenvalue weighted by Gasteiger charge is -2.63. The zero-order valence-electron chi connectivity index (χ0n) is 19.6. The summed E-state index contributed by atoms with van der Waals surface area (Å²) >= 11 is 0. The molecule has 31 heavy (non-hydrogen) atoms. The minimum atomic E-state index is -0.386. The maximum absolute atomic E-state index is 12.0. The van der Waals surface area contributed by atoms with E-state index in [2.05, 4.69) is 27.4 Å². The average Bonchev–Trinajstić information content (AvgIpc) is 3.06. The number of aliphatic hydroxyl groups is 3. The number of Topliss-reactive ketones (excluding diaryl/α,β-unsaturated/α-hetero) is 1. The molecule has 5 heteroatoms. The Morgan fingerprint density at radius 2 is 1.81 bits per heavy atom. The number of ketones is 1. The molecule has 5 nitrogen and oxygen atoms in total. The highest BCUT2D eigenvalue weighted by Gasteiger charge is 2.65. The lowest BCUT2D eigenvalue weighted by atomic mass is 9.43. The van der Waals surface area contributed by atoms with Gasteiger partial charge >= 0.3 is 0 Å². The van der Waals surface area contributed by atoms with Crippen LogP contribution in [0.1, 0.15) is 78.6 Å². The van der Waals surface area contributed by atoms with E-state index in [1.807, 2.05) is 0 Å². The molecule has 0 saturated heterocycles. The number of fused-ring (bicyclic) bond motifs is 5. The fourth-order valence-electron chi connectivity index (χ4n) is 8.85. The van der Waals surface area contributed by atoms with Crippen LogP contribution < -0.4 is 5.73 Å². The molecule has 0 bridgehead atoms. The summed E-state index contributed by atoms with van der Waals surface area (Å²) in [6, 6.07) is 0. The molecule has 0 heterocycles. The molecule has 4 saturated carbocycles. The number of aliphatic hydroxyl groups excluding tert-OH is 3. The molecular formula is C26H43NO4. The van der Waals surface area contributed by atoms with Crippen molar-refractivity contribution in [1.82, 2.24) is 0 Å². The second kappa shape index (κ2) is 8.14. The summed E-state index contributed by atoms with van der Waals surface area (Å²) in [6.07, 6.45) is 6.45. The van der Waals surface area contributed by atoms with Gasteiger partial charge in [-0.15, -0.1) is 0 Å². The van der Waals surface area contributed by atoms with E-state index in [4.69, 9.17) is 5.73 Å². The van der Waals surface area contributed by atoms with Crippen LogP contribution >= 0.6 is 0 Å². The third kappa shape index (κ3) is 3.59. The SMILES string of the molecule is C=C(N)C(=O)CCC(C)C1CCC2C3C(O)CC4CC(O)CCC4(C)C3CC(O)C12C. The van der Waals surface area contributed by atoms with E-state index in [0.29, 0.717) is 36.0 Å². The summed E-state index contributed by atoms with van der Waals surface area (Å²) in [6.45, 7) is 10.4. The van der Waals surface area contributed by atoms with Crippen LogP contribution in [0, 0.1) is 46.3 Å². The molecule has 0 aromatic carbocycles. The third-order valence-corrected chi connectivity index (χ3v) is 10.7. The Morgan fingerprint density at radius 3 is 2.48 bits per heavy atom. The quantitative estimate of drug-likeness (QED) is 0.498. The van der Waals surface area contributed by atoms with Crippen molar-refractivity contribution in [3.05, 3.63) is 12.3 Å². The maximum atomic E-state index is 12.0. The fraction of sp³-hybridized carbons (Fsp3) is 0.885. The van der Waals surface area contributed by atoms with Crippen LogP contribution in [0.5, 0.6) is 0 Å². The first-order chi connectivity index (χ1) is 14.5. The normalized spacial score (nSPS) is 50.1. The van der Waals surface area contributed by atoms with Gasteiger partial charge in [0.15, 0.2) is 5.78 Å². The van der Waals surface area contributed by atoms with E-state index >= 15 is 0 Å². The van der Waals surface area contributed by atoms with Crippen LogP contribution in [-0.2, 0) is 4.79 Å².